The zero-order chi connectivity index (χ0) is 16.3. The second-order valence-electron chi connectivity index (χ2n) is 5.23. The van der Waals surface area contributed by atoms with Crippen molar-refractivity contribution in [1.82, 2.24) is 14.5 Å². The molecular weight excluding hydrogens is 291 g/mol. The maximum absolute atomic E-state index is 14.1. The van der Waals surface area contributed by atoms with Crippen LogP contribution in [-0.2, 0) is 9.53 Å². The molecule has 1 saturated heterocycles. The molecule has 122 valence electrons. The molecular formula is C14H21FN4O3. The molecule has 1 aliphatic rings. The third-order valence-electron chi connectivity index (χ3n) is 3.81. The summed E-state index contributed by atoms with van der Waals surface area (Å²) >= 11 is 0. The lowest BCUT2D eigenvalue weighted by Crippen LogP contribution is -2.38. The zero-order valence-corrected chi connectivity index (χ0v) is 12.7. The number of aromatic nitrogens is 2. The van der Waals surface area contributed by atoms with Crippen LogP contribution in [0.2, 0.25) is 0 Å². The number of hydrogen-bond donors (Lipinski definition) is 1. The fraction of sp³-hybridized carbons (Fsp3) is 0.643. The third kappa shape index (κ3) is 3.50. The molecule has 0 bridgehead atoms. The molecule has 7 nitrogen and oxygen atoms in total. The summed E-state index contributed by atoms with van der Waals surface area (Å²) in [6, 6.07) is 1.43. The monoisotopic (exact) mass is 312 g/mol. The number of alkyl halides is 1. The van der Waals surface area contributed by atoms with Crippen molar-refractivity contribution in [2.75, 3.05) is 25.4 Å². The van der Waals surface area contributed by atoms with Gasteiger partial charge in [0.15, 0.2) is 11.9 Å². The van der Waals surface area contributed by atoms with E-state index in [9.17, 15) is 14.0 Å². The number of nitrogen functional groups attached to an aromatic ring is 1. The average Bonchev–Trinajstić information content (AvgIpc) is 2.86. The summed E-state index contributed by atoms with van der Waals surface area (Å²) in [7, 11) is 0. The molecule has 1 fully saturated rings. The Labute approximate surface area is 127 Å². The van der Waals surface area contributed by atoms with E-state index in [4.69, 9.17) is 10.5 Å². The summed E-state index contributed by atoms with van der Waals surface area (Å²) in [6.45, 7) is 5.41. The molecule has 0 aliphatic carbocycles. The van der Waals surface area contributed by atoms with Crippen molar-refractivity contribution in [2.24, 2.45) is 0 Å². The van der Waals surface area contributed by atoms with E-state index in [1.807, 2.05) is 18.7 Å². The van der Waals surface area contributed by atoms with Gasteiger partial charge in [0.05, 0.1) is 6.54 Å². The number of rotatable bonds is 6. The second kappa shape index (κ2) is 6.97. The van der Waals surface area contributed by atoms with Crippen molar-refractivity contribution in [3.05, 3.63) is 22.7 Å². The summed E-state index contributed by atoms with van der Waals surface area (Å²) in [6.07, 6.45) is -2.06. The average molecular weight is 312 g/mol. The van der Waals surface area contributed by atoms with Gasteiger partial charge in [0, 0.05) is 12.6 Å². The highest BCUT2D eigenvalue weighted by atomic mass is 19.1. The molecule has 0 saturated carbocycles. The van der Waals surface area contributed by atoms with E-state index in [1.165, 1.54) is 12.3 Å². The summed E-state index contributed by atoms with van der Waals surface area (Å²) < 4.78 is 20.7. The van der Waals surface area contributed by atoms with Gasteiger partial charge in [-0.1, -0.05) is 13.8 Å². The Bertz CT molecular complexity index is 588. The van der Waals surface area contributed by atoms with Crippen LogP contribution in [0.5, 0.6) is 0 Å². The Morgan fingerprint density at radius 2 is 2.23 bits per heavy atom. The minimum atomic E-state index is -1.43. The lowest BCUT2D eigenvalue weighted by molar-refractivity contribution is -0.135. The van der Waals surface area contributed by atoms with E-state index in [0.29, 0.717) is 13.1 Å². The first kappa shape index (κ1) is 16.6. The Morgan fingerprint density at radius 3 is 2.82 bits per heavy atom. The molecule has 2 N–H and O–H groups in total. The van der Waals surface area contributed by atoms with Gasteiger partial charge in [-0.15, -0.1) is 0 Å². The highest BCUT2D eigenvalue weighted by molar-refractivity contribution is 5.85. The molecule has 8 heteroatoms. The molecule has 0 spiro atoms. The molecule has 3 atom stereocenters. The van der Waals surface area contributed by atoms with Gasteiger partial charge in [-0.05, 0) is 19.2 Å². The standard InChI is InChI=1S/C14H21FN4O3/c1-3-18(4-2)8-10(20)13-9(15)7-12(22-13)19-6-5-11(16)17-14(19)21/h5-6,9,12-13H,3-4,7-8H2,1-2H3,(H2,16,17,21)/t9-,12+,13-/m0/s1. The van der Waals surface area contributed by atoms with Crippen LogP contribution in [-0.4, -0.2) is 52.1 Å². The number of hydrogen-bond acceptors (Lipinski definition) is 6. The lowest BCUT2D eigenvalue weighted by Gasteiger charge is -2.20. The van der Waals surface area contributed by atoms with Crippen LogP contribution >= 0.6 is 0 Å². The first-order valence-electron chi connectivity index (χ1n) is 7.35. The Hall–Kier alpha value is -1.80. The third-order valence-corrected chi connectivity index (χ3v) is 3.81. The molecule has 0 unspecified atom stereocenters. The van der Waals surface area contributed by atoms with Gasteiger partial charge in [0.2, 0.25) is 0 Å². The molecule has 1 aromatic heterocycles. The zero-order valence-electron chi connectivity index (χ0n) is 12.7. The van der Waals surface area contributed by atoms with Crippen molar-refractivity contribution in [3.8, 4) is 0 Å². The van der Waals surface area contributed by atoms with Crippen LogP contribution < -0.4 is 11.4 Å². The fourth-order valence-corrected chi connectivity index (χ4v) is 2.49. The molecule has 22 heavy (non-hydrogen) atoms. The Balaban J connectivity index is 2.08. The summed E-state index contributed by atoms with van der Waals surface area (Å²) in [5.41, 5.74) is 4.80. The van der Waals surface area contributed by atoms with Crippen molar-refractivity contribution < 1.29 is 13.9 Å². The van der Waals surface area contributed by atoms with Crippen LogP contribution in [0.3, 0.4) is 0 Å². The number of ketones is 1. The Morgan fingerprint density at radius 1 is 1.55 bits per heavy atom. The fourth-order valence-electron chi connectivity index (χ4n) is 2.49. The van der Waals surface area contributed by atoms with Crippen LogP contribution in [0.1, 0.15) is 26.5 Å². The van der Waals surface area contributed by atoms with Crippen molar-refractivity contribution in [1.29, 1.82) is 0 Å². The van der Waals surface area contributed by atoms with Gasteiger partial charge in [-0.25, -0.2) is 9.18 Å². The number of carbonyl (C=O) groups excluding carboxylic acids is 1. The first-order chi connectivity index (χ1) is 10.5. The SMILES string of the molecule is CCN(CC)CC(=O)[C@H]1O[C@@H](n2ccc(N)nc2=O)C[C@@H]1F. The highest BCUT2D eigenvalue weighted by Crippen LogP contribution is 2.30. The van der Waals surface area contributed by atoms with Gasteiger partial charge in [0.1, 0.15) is 18.2 Å². The number of halogens is 1. The lowest BCUT2D eigenvalue weighted by atomic mass is 10.1. The molecule has 1 aliphatic heterocycles. The number of Topliss-reactive ketones (excluding diaryl/α,β-unsaturated/α-hetero) is 1. The highest BCUT2D eigenvalue weighted by Gasteiger charge is 2.41. The number of anilines is 1. The van der Waals surface area contributed by atoms with Crippen LogP contribution in [0.4, 0.5) is 10.2 Å². The van der Waals surface area contributed by atoms with Crippen molar-refractivity contribution >= 4 is 11.6 Å². The maximum Gasteiger partial charge on any atom is 0.351 e. The van der Waals surface area contributed by atoms with Crippen LogP contribution in [0, 0.1) is 0 Å². The van der Waals surface area contributed by atoms with E-state index in [1.54, 1.807) is 0 Å². The van der Waals surface area contributed by atoms with Gasteiger partial charge in [-0.3, -0.25) is 14.3 Å². The normalized spacial score (nSPS) is 24.8. The van der Waals surface area contributed by atoms with Crippen LogP contribution in [0.25, 0.3) is 0 Å². The largest absolute Gasteiger partial charge is 0.383 e. The number of nitrogens with zero attached hydrogens (tertiary/aromatic N) is 3. The number of nitrogens with two attached hydrogens (primary N) is 1. The van der Waals surface area contributed by atoms with E-state index in [2.05, 4.69) is 4.98 Å². The molecule has 1 aromatic rings. The van der Waals surface area contributed by atoms with E-state index in [-0.39, 0.29) is 24.6 Å². The molecule has 2 rings (SSSR count). The van der Waals surface area contributed by atoms with Gasteiger partial charge in [0.25, 0.3) is 0 Å². The minimum absolute atomic E-state index is 0.0554. The molecule has 0 radical (unpaired) electrons. The van der Waals surface area contributed by atoms with Crippen molar-refractivity contribution in [2.45, 2.75) is 38.8 Å². The smallest absolute Gasteiger partial charge is 0.351 e. The quantitative estimate of drug-likeness (QED) is 0.816. The van der Waals surface area contributed by atoms with Gasteiger partial charge in [-0.2, -0.15) is 4.98 Å². The predicted molar refractivity (Wildman–Crippen MR) is 79.1 cm³/mol. The number of ether oxygens (including phenoxy) is 1. The van der Waals surface area contributed by atoms with E-state index in [0.717, 1.165) is 4.57 Å². The first-order valence-corrected chi connectivity index (χ1v) is 7.35. The predicted octanol–water partition coefficient (Wildman–Crippen LogP) is 0.362. The maximum atomic E-state index is 14.1. The summed E-state index contributed by atoms with van der Waals surface area (Å²) in [5.74, 6) is -0.222. The molecule has 0 amide bonds. The number of likely N-dealkylation sites (N-methyl/N-ethyl adjacent to an activating group) is 1. The van der Waals surface area contributed by atoms with Gasteiger partial charge < -0.3 is 10.5 Å². The number of carbonyl (C=O) groups is 1. The summed E-state index contributed by atoms with van der Waals surface area (Å²) in [5, 5.41) is 0. The van der Waals surface area contributed by atoms with Crippen molar-refractivity contribution in [3.63, 3.8) is 0 Å². The summed E-state index contributed by atoms with van der Waals surface area (Å²) in [4.78, 5) is 29.4. The van der Waals surface area contributed by atoms with E-state index >= 15 is 0 Å². The van der Waals surface area contributed by atoms with E-state index < -0.39 is 24.2 Å². The molecule has 0 aromatic carbocycles. The van der Waals surface area contributed by atoms with Crippen LogP contribution in [0.15, 0.2) is 17.1 Å². The Kier molecular flexibility index (Phi) is 5.25. The second-order valence-corrected chi connectivity index (χ2v) is 5.23. The topological polar surface area (TPSA) is 90.4 Å². The van der Waals surface area contributed by atoms with Gasteiger partial charge >= 0.3 is 5.69 Å². The minimum Gasteiger partial charge on any atom is -0.383 e. The molecule has 2 heterocycles.